The smallest absolute Gasteiger partial charge is 0.317 e. The molecule has 0 spiro atoms. The van der Waals surface area contributed by atoms with E-state index >= 15 is 0 Å². The third-order valence-electron chi connectivity index (χ3n) is 6.08. The summed E-state index contributed by atoms with van der Waals surface area (Å²) in [6.45, 7) is 7.95. The van der Waals surface area contributed by atoms with E-state index < -0.39 is 12.1 Å². The molecule has 0 aliphatic carbocycles. The first-order valence-corrected chi connectivity index (χ1v) is 12.1. The molecule has 4 amide bonds. The van der Waals surface area contributed by atoms with Crippen molar-refractivity contribution < 1.29 is 24.2 Å². The van der Waals surface area contributed by atoms with E-state index in [0.717, 1.165) is 0 Å². The normalized spacial score (nSPS) is 18.4. The minimum atomic E-state index is -0.427. The summed E-state index contributed by atoms with van der Waals surface area (Å²) >= 11 is 0. The predicted octanol–water partition coefficient (Wildman–Crippen LogP) is 2.60. The summed E-state index contributed by atoms with van der Waals surface area (Å²) in [4.78, 5) is 45.7. The predicted molar refractivity (Wildman–Crippen MR) is 136 cm³/mol. The number of carbonyl (C=O) groups is 3. The summed E-state index contributed by atoms with van der Waals surface area (Å²) in [7, 11) is 1.70. The Labute approximate surface area is 211 Å². The molecule has 1 aromatic carbocycles. The van der Waals surface area contributed by atoms with Gasteiger partial charge in [-0.1, -0.05) is 6.92 Å². The van der Waals surface area contributed by atoms with Gasteiger partial charge in [-0.25, -0.2) is 4.79 Å². The van der Waals surface area contributed by atoms with Crippen molar-refractivity contribution in [3.8, 4) is 5.75 Å². The summed E-state index contributed by atoms with van der Waals surface area (Å²) in [5.74, 6) is -0.410. The van der Waals surface area contributed by atoms with Gasteiger partial charge in [0.15, 0.2) is 0 Å². The molecule has 2 aromatic rings. The number of nitrogens with one attached hydrogen (secondary N) is 2. The van der Waals surface area contributed by atoms with Crippen molar-refractivity contribution in [2.24, 2.45) is 5.92 Å². The number of hydrogen-bond donors (Lipinski definition) is 3. The van der Waals surface area contributed by atoms with Gasteiger partial charge in [0.25, 0.3) is 11.8 Å². The number of aliphatic hydroxyl groups excluding tert-OH is 1. The van der Waals surface area contributed by atoms with Gasteiger partial charge in [-0.3, -0.25) is 14.6 Å². The van der Waals surface area contributed by atoms with E-state index in [4.69, 9.17) is 4.74 Å². The van der Waals surface area contributed by atoms with E-state index in [-0.39, 0.29) is 42.0 Å². The number of pyridine rings is 1. The number of fused-ring (bicyclic) bond motifs is 1. The van der Waals surface area contributed by atoms with E-state index in [1.165, 1.54) is 12.4 Å². The standard InChI is InChI=1S/C26H35N5O5/c1-16(2)28-26(35)30(5)14-23-17(3)13-31(18(4)15-32)25(34)21-12-20(6-7-22(21)36-23)29-24(33)19-8-10-27-11-9-19/h6-12,16-18,23,32H,13-15H2,1-5H3,(H,28,35)(H,29,33). The molecule has 36 heavy (non-hydrogen) atoms. The molecule has 0 bridgehead atoms. The monoisotopic (exact) mass is 497 g/mol. The fourth-order valence-corrected chi connectivity index (χ4v) is 3.93. The number of aliphatic hydroxyl groups is 1. The van der Waals surface area contributed by atoms with Crippen LogP contribution in [-0.4, -0.2) is 82.7 Å². The van der Waals surface area contributed by atoms with Crippen LogP contribution in [0.2, 0.25) is 0 Å². The Morgan fingerprint density at radius 3 is 2.56 bits per heavy atom. The zero-order valence-corrected chi connectivity index (χ0v) is 21.4. The second-order valence-corrected chi connectivity index (χ2v) is 9.51. The summed E-state index contributed by atoms with van der Waals surface area (Å²) in [6.07, 6.45) is 2.65. The topological polar surface area (TPSA) is 124 Å². The Morgan fingerprint density at radius 2 is 1.92 bits per heavy atom. The molecule has 2 heterocycles. The highest BCUT2D eigenvalue weighted by molar-refractivity contribution is 6.05. The molecule has 0 radical (unpaired) electrons. The van der Waals surface area contributed by atoms with Crippen LogP contribution in [0.4, 0.5) is 10.5 Å². The lowest BCUT2D eigenvalue weighted by Crippen LogP contribution is -2.51. The molecule has 0 fully saturated rings. The molecule has 1 aromatic heterocycles. The van der Waals surface area contributed by atoms with Crippen LogP contribution in [0, 0.1) is 5.92 Å². The van der Waals surface area contributed by atoms with Gasteiger partial charge >= 0.3 is 6.03 Å². The number of rotatable bonds is 7. The average Bonchev–Trinajstić information content (AvgIpc) is 2.86. The number of carbonyl (C=O) groups excluding carboxylic acids is 3. The van der Waals surface area contributed by atoms with Gasteiger partial charge in [-0.2, -0.15) is 0 Å². The largest absolute Gasteiger partial charge is 0.487 e. The lowest BCUT2D eigenvalue weighted by atomic mass is 9.99. The Morgan fingerprint density at radius 1 is 1.22 bits per heavy atom. The lowest BCUT2D eigenvalue weighted by molar-refractivity contribution is 0.0366. The SMILES string of the molecule is CC(C)NC(=O)N(C)CC1Oc2ccc(NC(=O)c3ccncc3)cc2C(=O)N(C(C)CO)CC1C. The second-order valence-electron chi connectivity index (χ2n) is 9.51. The first kappa shape index (κ1) is 26.9. The highest BCUT2D eigenvalue weighted by atomic mass is 16.5. The Hall–Kier alpha value is -3.66. The zero-order valence-electron chi connectivity index (χ0n) is 21.4. The Balaban J connectivity index is 1.92. The zero-order chi connectivity index (χ0) is 26.4. The Bertz CT molecular complexity index is 1080. The lowest BCUT2D eigenvalue weighted by Gasteiger charge is -2.38. The van der Waals surface area contributed by atoms with Gasteiger partial charge in [0.2, 0.25) is 0 Å². The molecular weight excluding hydrogens is 462 g/mol. The quantitative estimate of drug-likeness (QED) is 0.540. The molecule has 0 saturated carbocycles. The number of nitrogens with zero attached hydrogens (tertiary/aromatic N) is 3. The Kier molecular flexibility index (Phi) is 8.87. The summed E-state index contributed by atoms with van der Waals surface area (Å²) in [6, 6.07) is 7.45. The fraction of sp³-hybridized carbons (Fsp3) is 0.462. The van der Waals surface area contributed by atoms with Crippen molar-refractivity contribution in [1.82, 2.24) is 20.1 Å². The minimum absolute atomic E-state index is 0.00403. The maximum Gasteiger partial charge on any atom is 0.317 e. The van der Waals surface area contributed by atoms with Gasteiger partial charge in [0, 0.05) is 49.2 Å². The van der Waals surface area contributed by atoms with Crippen LogP contribution in [0.3, 0.4) is 0 Å². The van der Waals surface area contributed by atoms with Crippen molar-refractivity contribution in [2.45, 2.75) is 45.9 Å². The van der Waals surface area contributed by atoms with E-state index in [1.807, 2.05) is 20.8 Å². The van der Waals surface area contributed by atoms with Crippen LogP contribution in [-0.2, 0) is 0 Å². The minimum Gasteiger partial charge on any atom is -0.487 e. The van der Waals surface area contributed by atoms with E-state index in [2.05, 4.69) is 15.6 Å². The average molecular weight is 498 g/mol. The van der Waals surface area contributed by atoms with Crippen molar-refractivity contribution in [3.05, 3.63) is 53.9 Å². The first-order chi connectivity index (χ1) is 17.1. The molecule has 3 rings (SSSR count). The fourth-order valence-electron chi connectivity index (χ4n) is 3.93. The maximum absolute atomic E-state index is 13.5. The number of likely N-dealkylation sites (N-methyl/N-ethyl adjacent to an activating group) is 1. The number of benzene rings is 1. The van der Waals surface area contributed by atoms with Crippen LogP contribution < -0.4 is 15.4 Å². The molecular formula is C26H35N5O5. The summed E-state index contributed by atoms with van der Waals surface area (Å²) in [5.41, 5.74) is 1.14. The van der Waals surface area contributed by atoms with Crippen LogP contribution in [0.5, 0.6) is 5.75 Å². The van der Waals surface area contributed by atoms with Gasteiger partial charge in [-0.15, -0.1) is 0 Å². The molecule has 1 aliphatic heterocycles. The van der Waals surface area contributed by atoms with Crippen molar-refractivity contribution in [1.29, 1.82) is 0 Å². The highest BCUT2D eigenvalue weighted by Gasteiger charge is 2.34. The molecule has 3 N–H and O–H groups in total. The molecule has 3 unspecified atom stereocenters. The highest BCUT2D eigenvalue weighted by Crippen LogP contribution is 2.31. The number of amides is 4. The number of urea groups is 1. The van der Waals surface area contributed by atoms with E-state index in [9.17, 15) is 19.5 Å². The van der Waals surface area contributed by atoms with Gasteiger partial charge < -0.3 is 30.3 Å². The van der Waals surface area contributed by atoms with Crippen molar-refractivity contribution in [2.75, 3.05) is 32.1 Å². The van der Waals surface area contributed by atoms with Crippen LogP contribution in [0.25, 0.3) is 0 Å². The van der Waals surface area contributed by atoms with Crippen LogP contribution >= 0.6 is 0 Å². The third kappa shape index (κ3) is 6.51. The number of aromatic nitrogens is 1. The molecule has 3 atom stereocenters. The first-order valence-electron chi connectivity index (χ1n) is 12.1. The van der Waals surface area contributed by atoms with Crippen LogP contribution in [0.15, 0.2) is 42.7 Å². The number of ether oxygens (including phenoxy) is 1. The van der Waals surface area contributed by atoms with Gasteiger partial charge in [-0.05, 0) is 51.1 Å². The molecule has 194 valence electrons. The second kappa shape index (κ2) is 11.9. The molecule has 10 nitrogen and oxygen atoms in total. The van der Waals surface area contributed by atoms with Gasteiger partial charge in [0.05, 0.1) is 24.8 Å². The summed E-state index contributed by atoms with van der Waals surface area (Å²) < 4.78 is 6.30. The van der Waals surface area contributed by atoms with Crippen molar-refractivity contribution in [3.63, 3.8) is 0 Å². The van der Waals surface area contributed by atoms with E-state index in [0.29, 0.717) is 30.1 Å². The molecule has 10 heteroatoms. The molecule has 1 aliphatic rings. The summed E-state index contributed by atoms with van der Waals surface area (Å²) in [5, 5.41) is 15.5. The van der Waals surface area contributed by atoms with Gasteiger partial charge in [0.1, 0.15) is 11.9 Å². The molecule has 0 saturated heterocycles. The maximum atomic E-state index is 13.5. The third-order valence-corrected chi connectivity index (χ3v) is 6.08. The van der Waals surface area contributed by atoms with Crippen LogP contribution in [0.1, 0.15) is 48.4 Å². The van der Waals surface area contributed by atoms with E-state index in [1.54, 1.807) is 54.1 Å². The number of hydrogen-bond acceptors (Lipinski definition) is 6. The number of anilines is 1. The van der Waals surface area contributed by atoms with Crippen molar-refractivity contribution >= 4 is 23.5 Å².